The summed E-state index contributed by atoms with van der Waals surface area (Å²) < 4.78 is 6.23. The second kappa shape index (κ2) is 8.46. The van der Waals surface area contributed by atoms with Crippen molar-refractivity contribution in [2.75, 3.05) is 7.11 Å². The number of carbonyl (C=O) groups excluding carboxylic acids is 1. The van der Waals surface area contributed by atoms with Gasteiger partial charge in [0, 0.05) is 5.02 Å². The van der Waals surface area contributed by atoms with E-state index >= 15 is 0 Å². The fraction of sp³-hybridized carbons (Fsp3) is 0.200. The summed E-state index contributed by atoms with van der Waals surface area (Å²) in [4.78, 5) is 29.5. The largest absolute Gasteiger partial charge is 0.465 e. The van der Waals surface area contributed by atoms with Crippen LogP contribution >= 0.6 is 23.4 Å². The quantitative estimate of drug-likeness (QED) is 0.358. The van der Waals surface area contributed by atoms with Gasteiger partial charge in [-0.25, -0.2) is 9.78 Å². The molecular weight excluding hydrogens is 398 g/mol. The van der Waals surface area contributed by atoms with Crippen LogP contribution in [0.5, 0.6) is 0 Å². The molecule has 1 atom stereocenters. The molecule has 142 valence electrons. The number of nitriles is 1. The molecule has 28 heavy (non-hydrogen) atoms. The van der Waals surface area contributed by atoms with E-state index in [0.29, 0.717) is 26.6 Å². The molecule has 0 fully saturated rings. The van der Waals surface area contributed by atoms with Crippen LogP contribution in [0.4, 0.5) is 0 Å². The molecule has 0 spiro atoms. The highest BCUT2D eigenvalue weighted by atomic mass is 35.5. The molecule has 2 aromatic carbocycles. The molecule has 0 aliphatic rings. The zero-order valence-corrected chi connectivity index (χ0v) is 16.8. The minimum Gasteiger partial charge on any atom is -0.465 e. The standard InChI is InChI=1S/C20H16ClN3O3S/c1-12(10-22)28-20-23-17-9-13(19(26)27-2)7-8-15(17)18(25)24(20)11-14-5-3-4-6-16(14)21/h3-9,12H,11H2,1-2H3. The number of benzene rings is 2. The van der Waals surface area contributed by atoms with Gasteiger partial charge < -0.3 is 4.74 Å². The Bertz CT molecular complexity index is 1150. The van der Waals surface area contributed by atoms with Crippen molar-refractivity contribution in [1.29, 1.82) is 5.26 Å². The Hall–Kier alpha value is -2.82. The van der Waals surface area contributed by atoms with E-state index in [9.17, 15) is 14.9 Å². The Morgan fingerprint density at radius 3 is 2.79 bits per heavy atom. The number of nitrogens with zero attached hydrogens (tertiary/aromatic N) is 3. The second-order valence-electron chi connectivity index (χ2n) is 5.99. The molecule has 0 amide bonds. The average molecular weight is 414 g/mol. The Kier molecular flexibility index (Phi) is 6.02. The maximum atomic E-state index is 13.2. The fourth-order valence-electron chi connectivity index (χ4n) is 2.66. The second-order valence-corrected chi connectivity index (χ2v) is 7.70. The summed E-state index contributed by atoms with van der Waals surface area (Å²) >= 11 is 7.43. The molecule has 3 aromatic rings. The Morgan fingerprint density at radius 2 is 2.11 bits per heavy atom. The first-order chi connectivity index (χ1) is 13.4. The van der Waals surface area contributed by atoms with E-state index in [4.69, 9.17) is 16.3 Å². The van der Waals surface area contributed by atoms with Gasteiger partial charge in [0.15, 0.2) is 5.16 Å². The van der Waals surface area contributed by atoms with Gasteiger partial charge in [-0.1, -0.05) is 41.6 Å². The molecule has 1 heterocycles. The predicted molar refractivity (Wildman–Crippen MR) is 109 cm³/mol. The number of esters is 1. The molecule has 6 nitrogen and oxygen atoms in total. The maximum absolute atomic E-state index is 13.2. The van der Waals surface area contributed by atoms with Gasteiger partial charge in [-0.3, -0.25) is 9.36 Å². The van der Waals surface area contributed by atoms with Gasteiger partial charge in [0.1, 0.15) is 0 Å². The molecule has 0 saturated heterocycles. The Labute approximate surface area is 170 Å². The molecule has 0 aliphatic heterocycles. The molecule has 0 bridgehead atoms. The van der Waals surface area contributed by atoms with E-state index < -0.39 is 11.2 Å². The zero-order valence-electron chi connectivity index (χ0n) is 15.2. The summed E-state index contributed by atoms with van der Waals surface area (Å²) in [7, 11) is 1.29. The summed E-state index contributed by atoms with van der Waals surface area (Å²) in [5, 5.41) is 10.1. The molecule has 0 radical (unpaired) electrons. The highest BCUT2D eigenvalue weighted by Gasteiger charge is 2.17. The van der Waals surface area contributed by atoms with E-state index in [-0.39, 0.29) is 12.1 Å². The van der Waals surface area contributed by atoms with Crippen LogP contribution in [0.25, 0.3) is 10.9 Å². The number of halogens is 1. The van der Waals surface area contributed by atoms with Crippen molar-refractivity contribution in [3.05, 3.63) is 69.0 Å². The third kappa shape index (κ3) is 4.03. The van der Waals surface area contributed by atoms with Gasteiger partial charge in [0.05, 0.1) is 41.4 Å². The summed E-state index contributed by atoms with van der Waals surface area (Å²) in [6.45, 7) is 1.95. The van der Waals surface area contributed by atoms with Crippen LogP contribution in [-0.4, -0.2) is 27.9 Å². The highest BCUT2D eigenvalue weighted by molar-refractivity contribution is 8.00. The van der Waals surface area contributed by atoms with Crippen molar-refractivity contribution >= 4 is 40.2 Å². The number of aromatic nitrogens is 2. The normalized spacial score (nSPS) is 11.8. The number of hydrogen-bond acceptors (Lipinski definition) is 6. The Morgan fingerprint density at radius 1 is 1.36 bits per heavy atom. The third-order valence-electron chi connectivity index (χ3n) is 4.09. The molecule has 0 N–H and O–H groups in total. The van der Waals surface area contributed by atoms with Crippen LogP contribution in [0.2, 0.25) is 5.02 Å². The van der Waals surface area contributed by atoms with Crippen LogP contribution in [0.15, 0.2) is 52.4 Å². The van der Waals surface area contributed by atoms with Gasteiger partial charge >= 0.3 is 5.97 Å². The van der Waals surface area contributed by atoms with Gasteiger partial charge in [0.2, 0.25) is 0 Å². The molecule has 3 rings (SSSR count). The first-order valence-corrected chi connectivity index (χ1v) is 9.63. The lowest BCUT2D eigenvalue weighted by Gasteiger charge is -2.15. The van der Waals surface area contributed by atoms with Crippen molar-refractivity contribution in [2.45, 2.75) is 23.9 Å². The highest BCUT2D eigenvalue weighted by Crippen LogP contribution is 2.25. The van der Waals surface area contributed by atoms with Crippen molar-refractivity contribution in [3.8, 4) is 6.07 Å². The molecular formula is C20H16ClN3O3S. The maximum Gasteiger partial charge on any atom is 0.337 e. The van der Waals surface area contributed by atoms with Crippen molar-refractivity contribution in [3.63, 3.8) is 0 Å². The van der Waals surface area contributed by atoms with Gasteiger partial charge in [0.25, 0.3) is 5.56 Å². The van der Waals surface area contributed by atoms with Crippen LogP contribution in [0.3, 0.4) is 0 Å². The predicted octanol–water partition coefficient (Wildman–Crippen LogP) is 3.89. The Balaban J connectivity index is 2.20. The average Bonchev–Trinajstić information content (AvgIpc) is 2.71. The SMILES string of the molecule is COC(=O)c1ccc2c(=O)n(Cc3ccccc3Cl)c(SC(C)C#N)nc2c1. The van der Waals surface area contributed by atoms with Crippen LogP contribution < -0.4 is 5.56 Å². The van der Waals surface area contributed by atoms with E-state index in [1.807, 2.05) is 18.2 Å². The smallest absolute Gasteiger partial charge is 0.337 e. The first kappa shape index (κ1) is 19.9. The number of fused-ring (bicyclic) bond motifs is 1. The van der Waals surface area contributed by atoms with Crippen LogP contribution in [-0.2, 0) is 11.3 Å². The van der Waals surface area contributed by atoms with E-state index in [1.165, 1.54) is 35.6 Å². The number of carbonyl (C=O) groups is 1. The minimum atomic E-state index is -0.511. The van der Waals surface area contributed by atoms with E-state index in [1.54, 1.807) is 19.1 Å². The first-order valence-electron chi connectivity index (χ1n) is 8.37. The topological polar surface area (TPSA) is 85.0 Å². The summed E-state index contributed by atoms with van der Waals surface area (Å²) in [6, 6.07) is 14.0. The molecule has 8 heteroatoms. The zero-order chi connectivity index (χ0) is 20.3. The van der Waals surface area contributed by atoms with Crippen molar-refractivity contribution < 1.29 is 9.53 Å². The third-order valence-corrected chi connectivity index (χ3v) is 5.44. The lowest BCUT2D eigenvalue weighted by Crippen LogP contribution is -2.24. The van der Waals surface area contributed by atoms with Crippen molar-refractivity contribution in [1.82, 2.24) is 9.55 Å². The van der Waals surface area contributed by atoms with Gasteiger partial charge in [-0.15, -0.1) is 0 Å². The minimum absolute atomic E-state index is 0.223. The van der Waals surface area contributed by atoms with Crippen LogP contribution in [0, 0.1) is 11.3 Å². The molecule has 1 unspecified atom stereocenters. The van der Waals surface area contributed by atoms with Gasteiger partial charge in [-0.2, -0.15) is 5.26 Å². The number of hydrogen-bond donors (Lipinski definition) is 0. The lowest BCUT2D eigenvalue weighted by atomic mass is 10.1. The number of rotatable bonds is 5. The van der Waals surface area contributed by atoms with E-state index in [2.05, 4.69) is 11.1 Å². The monoisotopic (exact) mass is 413 g/mol. The summed E-state index contributed by atoms with van der Waals surface area (Å²) in [5.41, 5.74) is 1.17. The number of methoxy groups -OCH3 is 1. The molecule has 0 saturated carbocycles. The number of thioether (sulfide) groups is 1. The van der Waals surface area contributed by atoms with Crippen LogP contribution in [0.1, 0.15) is 22.8 Å². The summed E-state index contributed by atoms with van der Waals surface area (Å²) in [5.74, 6) is -0.511. The fourth-order valence-corrected chi connectivity index (χ4v) is 3.65. The molecule has 1 aromatic heterocycles. The van der Waals surface area contributed by atoms with E-state index in [0.717, 1.165) is 5.56 Å². The summed E-state index contributed by atoms with van der Waals surface area (Å²) in [6.07, 6.45) is 0. The van der Waals surface area contributed by atoms with Crippen molar-refractivity contribution in [2.24, 2.45) is 0 Å². The number of ether oxygens (including phenoxy) is 1. The van der Waals surface area contributed by atoms with Gasteiger partial charge in [-0.05, 0) is 36.8 Å². The molecule has 0 aliphatic carbocycles. The lowest BCUT2D eigenvalue weighted by molar-refractivity contribution is 0.0601.